The molecule has 0 unspecified atom stereocenters. The molecule has 0 amide bonds. The number of nitrogens with one attached hydrogen (secondary N) is 1. The monoisotopic (exact) mass is 346 g/mol. The minimum Gasteiger partial charge on any atom is -0.316 e. The second-order valence-electron chi connectivity index (χ2n) is 5.11. The topological polar surface area (TPSA) is 76.9 Å². The van der Waals surface area contributed by atoms with E-state index in [0.29, 0.717) is 6.54 Å². The van der Waals surface area contributed by atoms with Crippen LogP contribution in [-0.4, -0.2) is 29.4 Å². The van der Waals surface area contributed by atoms with Gasteiger partial charge in [0.05, 0.1) is 11.9 Å². The maximum absolute atomic E-state index is 14.1. The molecule has 0 aliphatic carbocycles. The van der Waals surface area contributed by atoms with Gasteiger partial charge in [-0.3, -0.25) is 9.97 Å². The van der Waals surface area contributed by atoms with Crippen LogP contribution >= 0.6 is 0 Å². The first-order valence-corrected chi connectivity index (χ1v) is 8.59. The number of pyridine rings is 2. The molecule has 0 aromatic carbocycles. The molecule has 0 fully saturated rings. The third-order valence-electron chi connectivity index (χ3n) is 3.46. The van der Waals surface area contributed by atoms with Crippen molar-refractivity contribution in [3.8, 4) is 11.3 Å². The van der Waals surface area contributed by atoms with Crippen LogP contribution in [0.25, 0.3) is 11.3 Å². The summed E-state index contributed by atoms with van der Waals surface area (Å²) in [4.78, 5) is 7.59. The molecule has 3 rings (SSSR count). The summed E-state index contributed by atoms with van der Waals surface area (Å²) in [5.74, 6) is -0.589. The van der Waals surface area contributed by atoms with Gasteiger partial charge in [-0.2, -0.15) is 0 Å². The zero-order valence-corrected chi connectivity index (χ0v) is 13.7. The van der Waals surface area contributed by atoms with E-state index in [1.165, 1.54) is 43.0 Å². The van der Waals surface area contributed by atoms with E-state index in [1.54, 1.807) is 13.1 Å². The first kappa shape index (κ1) is 16.3. The Labute approximate surface area is 139 Å². The Morgan fingerprint density at radius 3 is 2.67 bits per heavy atom. The van der Waals surface area contributed by atoms with Crippen LogP contribution in [0.4, 0.5) is 4.39 Å². The molecule has 124 valence electrons. The maximum Gasteiger partial charge on any atom is 0.269 e. The quantitative estimate of drug-likeness (QED) is 0.765. The van der Waals surface area contributed by atoms with Gasteiger partial charge in [-0.25, -0.2) is 16.8 Å². The molecule has 0 saturated carbocycles. The van der Waals surface area contributed by atoms with E-state index in [0.717, 1.165) is 15.7 Å². The maximum atomic E-state index is 14.1. The molecule has 24 heavy (non-hydrogen) atoms. The summed E-state index contributed by atoms with van der Waals surface area (Å²) >= 11 is 0. The first-order valence-electron chi connectivity index (χ1n) is 7.15. The predicted octanol–water partition coefficient (Wildman–Crippen LogP) is 2.04. The van der Waals surface area contributed by atoms with Crippen molar-refractivity contribution in [3.05, 3.63) is 66.6 Å². The number of halogens is 1. The van der Waals surface area contributed by atoms with Crippen molar-refractivity contribution in [1.29, 1.82) is 0 Å². The zero-order chi connectivity index (χ0) is 17.2. The van der Waals surface area contributed by atoms with Crippen LogP contribution in [0, 0.1) is 5.82 Å². The zero-order valence-electron chi connectivity index (χ0n) is 12.8. The third-order valence-corrected chi connectivity index (χ3v) is 5.12. The molecule has 0 saturated heterocycles. The molecule has 0 radical (unpaired) electrons. The van der Waals surface area contributed by atoms with Gasteiger partial charge < -0.3 is 5.32 Å². The van der Waals surface area contributed by atoms with Crippen LogP contribution in [-0.2, 0) is 16.6 Å². The molecule has 1 N–H and O–H groups in total. The van der Waals surface area contributed by atoms with Crippen molar-refractivity contribution in [1.82, 2.24) is 19.3 Å². The average Bonchev–Trinajstić information content (AvgIpc) is 3.01. The van der Waals surface area contributed by atoms with Crippen molar-refractivity contribution in [2.45, 2.75) is 11.4 Å². The molecule has 0 bridgehead atoms. The Kier molecular flexibility index (Phi) is 4.41. The summed E-state index contributed by atoms with van der Waals surface area (Å²) in [6.07, 6.45) is 6.71. The highest BCUT2D eigenvalue weighted by Crippen LogP contribution is 2.28. The fourth-order valence-corrected chi connectivity index (χ4v) is 3.74. The van der Waals surface area contributed by atoms with E-state index in [4.69, 9.17) is 0 Å². The van der Waals surface area contributed by atoms with Crippen molar-refractivity contribution in [3.63, 3.8) is 0 Å². The lowest BCUT2D eigenvalue weighted by molar-refractivity contribution is 0.587. The van der Waals surface area contributed by atoms with Gasteiger partial charge in [0.1, 0.15) is 4.90 Å². The molecular weight excluding hydrogens is 331 g/mol. The Morgan fingerprint density at radius 2 is 2.00 bits per heavy atom. The van der Waals surface area contributed by atoms with Crippen LogP contribution in [0.1, 0.15) is 5.56 Å². The van der Waals surface area contributed by atoms with Crippen molar-refractivity contribution < 1.29 is 12.8 Å². The number of aromatic nitrogens is 3. The van der Waals surface area contributed by atoms with Gasteiger partial charge in [0.15, 0.2) is 5.82 Å². The summed E-state index contributed by atoms with van der Waals surface area (Å²) in [7, 11) is -2.14. The van der Waals surface area contributed by atoms with E-state index >= 15 is 0 Å². The van der Waals surface area contributed by atoms with Gasteiger partial charge in [-0.1, -0.05) is 0 Å². The lowest BCUT2D eigenvalue weighted by Gasteiger charge is -2.10. The summed E-state index contributed by atoms with van der Waals surface area (Å²) in [6, 6.07) is 6.08. The minimum absolute atomic E-state index is 0.0346. The molecule has 0 atom stereocenters. The highest BCUT2D eigenvalue weighted by molar-refractivity contribution is 7.90. The molecular formula is C16H15FN4O2S. The Bertz CT molecular complexity index is 955. The molecule has 0 spiro atoms. The lowest BCUT2D eigenvalue weighted by Crippen LogP contribution is -2.14. The van der Waals surface area contributed by atoms with E-state index in [2.05, 4.69) is 15.3 Å². The van der Waals surface area contributed by atoms with Gasteiger partial charge in [-0.05, 0) is 36.9 Å². The van der Waals surface area contributed by atoms with Gasteiger partial charge in [0.25, 0.3) is 10.0 Å². The molecule has 3 aromatic rings. The SMILES string of the molecule is CNCc1cc(-c2ccncc2F)n(S(=O)(=O)c2cccnc2)c1. The van der Waals surface area contributed by atoms with Crippen LogP contribution in [0.2, 0.25) is 0 Å². The Balaban J connectivity index is 2.23. The largest absolute Gasteiger partial charge is 0.316 e. The van der Waals surface area contributed by atoms with Crippen LogP contribution in [0.3, 0.4) is 0 Å². The molecule has 6 nitrogen and oxygen atoms in total. The molecule has 0 aliphatic heterocycles. The highest BCUT2D eigenvalue weighted by atomic mass is 32.2. The normalized spacial score (nSPS) is 11.6. The second kappa shape index (κ2) is 6.50. The van der Waals surface area contributed by atoms with E-state index in [-0.39, 0.29) is 16.2 Å². The molecule has 3 aromatic heterocycles. The minimum atomic E-state index is -3.89. The number of hydrogen-bond donors (Lipinski definition) is 1. The van der Waals surface area contributed by atoms with Crippen LogP contribution in [0.5, 0.6) is 0 Å². The van der Waals surface area contributed by atoms with Gasteiger partial charge in [-0.15, -0.1) is 0 Å². The summed E-state index contributed by atoms with van der Waals surface area (Å²) in [6.45, 7) is 0.454. The smallest absolute Gasteiger partial charge is 0.269 e. The predicted molar refractivity (Wildman–Crippen MR) is 87.2 cm³/mol. The fraction of sp³-hybridized carbons (Fsp3) is 0.125. The number of rotatable bonds is 5. The Morgan fingerprint density at radius 1 is 1.21 bits per heavy atom. The van der Waals surface area contributed by atoms with Gasteiger partial charge in [0.2, 0.25) is 0 Å². The molecule has 0 aliphatic rings. The summed E-state index contributed by atoms with van der Waals surface area (Å²) < 4.78 is 41.1. The summed E-state index contributed by atoms with van der Waals surface area (Å²) in [5.41, 5.74) is 1.12. The van der Waals surface area contributed by atoms with E-state index < -0.39 is 15.8 Å². The standard InChI is InChI=1S/C16H15FN4O2S/c1-18-8-12-7-16(14-4-6-20-10-15(14)17)21(11-12)24(22,23)13-3-2-5-19-9-13/h2-7,9-11,18H,8H2,1H3. The average molecular weight is 346 g/mol. The van der Waals surface area contributed by atoms with Crippen molar-refractivity contribution in [2.75, 3.05) is 7.05 Å². The van der Waals surface area contributed by atoms with Crippen molar-refractivity contribution >= 4 is 10.0 Å². The van der Waals surface area contributed by atoms with Crippen LogP contribution < -0.4 is 5.32 Å². The number of nitrogens with zero attached hydrogens (tertiary/aromatic N) is 3. The third kappa shape index (κ3) is 2.93. The summed E-state index contributed by atoms with van der Waals surface area (Å²) in [5, 5.41) is 2.96. The van der Waals surface area contributed by atoms with E-state index in [9.17, 15) is 12.8 Å². The van der Waals surface area contributed by atoms with Crippen molar-refractivity contribution in [2.24, 2.45) is 0 Å². The highest BCUT2D eigenvalue weighted by Gasteiger charge is 2.23. The van der Waals surface area contributed by atoms with Gasteiger partial charge >= 0.3 is 0 Å². The Hall–Kier alpha value is -2.58. The molecule has 3 heterocycles. The van der Waals surface area contributed by atoms with Crippen LogP contribution in [0.15, 0.2) is 60.1 Å². The fourth-order valence-electron chi connectivity index (χ4n) is 2.39. The number of hydrogen-bond acceptors (Lipinski definition) is 5. The van der Waals surface area contributed by atoms with Gasteiger partial charge in [0, 0.05) is 36.9 Å². The van der Waals surface area contributed by atoms with E-state index in [1.807, 2.05) is 0 Å². The second-order valence-corrected chi connectivity index (χ2v) is 6.92. The first-order chi connectivity index (χ1) is 11.5. The lowest BCUT2D eigenvalue weighted by atomic mass is 10.2. The molecule has 8 heteroatoms.